The number of phosphoric acid groups is 1. The van der Waals surface area contributed by atoms with Crippen LogP contribution in [0.15, 0.2) is 30.3 Å². The highest BCUT2D eigenvalue weighted by molar-refractivity contribution is 7.48. The smallest absolute Gasteiger partial charge is 0.287 e. The fraction of sp³-hybridized carbons (Fsp3) is 0.455. The summed E-state index contributed by atoms with van der Waals surface area (Å²) in [6.07, 6.45) is -0.756. The van der Waals surface area contributed by atoms with Gasteiger partial charge in [-0.15, -0.1) is 0 Å². The van der Waals surface area contributed by atoms with Crippen LogP contribution >= 0.6 is 31.0 Å². The molecule has 1 aromatic carbocycles. The Morgan fingerprint density at radius 2 is 2.11 bits per heavy atom. The largest absolute Gasteiger partial charge is 0.475 e. The van der Waals surface area contributed by atoms with Crippen molar-refractivity contribution in [2.75, 3.05) is 13.2 Å². The van der Waals surface area contributed by atoms with Crippen LogP contribution in [0.1, 0.15) is 18.6 Å². The van der Waals surface area contributed by atoms with Crippen molar-refractivity contribution in [1.29, 1.82) is 0 Å². The van der Waals surface area contributed by atoms with E-state index in [4.69, 9.17) is 36.8 Å². The third kappa shape index (κ3) is 3.08. The van der Waals surface area contributed by atoms with Crippen molar-refractivity contribution in [3.05, 3.63) is 35.9 Å². The van der Waals surface area contributed by atoms with Gasteiger partial charge in [0.15, 0.2) is 4.33 Å². The van der Waals surface area contributed by atoms with Crippen molar-refractivity contribution in [3.63, 3.8) is 0 Å². The van der Waals surface area contributed by atoms with Gasteiger partial charge in [-0.3, -0.25) is 13.6 Å². The fourth-order valence-electron chi connectivity index (χ4n) is 1.64. The molecule has 0 spiro atoms. The molecule has 2 unspecified atom stereocenters. The summed E-state index contributed by atoms with van der Waals surface area (Å²) in [5.41, 5.74) is 0.728. The number of hydrogen-bond donors (Lipinski definition) is 0. The van der Waals surface area contributed by atoms with E-state index in [1.807, 2.05) is 18.2 Å². The molecule has 0 radical (unpaired) electrons. The zero-order valence-electron chi connectivity index (χ0n) is 9.71. The summed E-state index contributed by atoms with van der Waals surface area (Å²) in [6, 6.07) is 9.10. The maximum Gasteiger partial charge on any atom is 0.475 e. The van der Waals surface area contributed by atoms with E-state index in [2.05, 4.69) is 0 Å². The molecular formula is C11H13Cl2O4P. The number of halogens is 2. The van der Waals surface area contributed by atoms with Crippen molar-refractivity contribution in [1.82, 2.24) is 0 Å². The molecule has 1 aromatic rings. The number of phosphoric ester groups is 1. The Morgan fingerprint density at radius 3 is 2.72 bits per heavy atom. The van der Waals surface area contributed by atoms with Crippen LogP contribution in [0.25, 0.3) is 0 Å². The fourth-order valence-corrected chi connectivity index (χ4v) is 3.80. The van der Waals surface area contributed by atoms with Gasteiger partial charge in [0.25, 0.3) is 0 Å². The molecule has 1 heterocycles. The molecular weight excluding hydrogens is 298 g/mol. The van der Waals surface area contributed by atoms with E-state index in [0.29, 0.717) is 0 Å². The van der Waals surface area contributed by atoms with Gasteiger partial charge in [-0.1, -0.05) is 53.5 Å². The maximum atomic E-state index is 12.1. The first kappa shape index (κ1) is 14.3. The quantitative estimate of drug-likeness (QED) is 0.623. The number of hydrogen-bond acceptors (Lipinski definition) is 4. The third-order valence-electron chi connectivity index (χ3n) is 2.42. The lowest BCUT2D eigenvalue weighted by Crippen LogP contribution is -2.35. The Kier molecular flexibility index (Phi) is 4.37. The summed E-state index contributed by atoms with van der Waals surface area (Å²) in [7, 11) is -3.58. The van der Waals surface area contributed by atoms with E-state index in [1.165, 1.54) is 0 Å². The van der Waals surface area contributed by atoms with Gasteiger partial charge in [0.2, 0.25) is 0 Å². The molecule has 1 aliphatic rings. The van der Waals surface area contributed by atoms with E-state index in [9.17, 15) is 4.57 Å². The lowest BCUT2D eigenvalue weighted by Gasteiger charge is -2.37. The minimum atomic E-state index is -3.58. The summed E-state index contributed by atoms with van der Waals surface area (Å²) < 4.78 is 26.2. The Morgan fingerprint density at radius 1 is 1.44 bits per heavy atom. The van der Waals surface area contributed by atoms with E-state index in [0.717, 1.165) is 5.56 Å². The Hall–Kier alpha value is -0.0900. The van der Waals surface area contributed by atoms with Gasteiger partial charge in [0.05, 0.1) is 13.2 Å². The van der Waals surface area contributed by atoms with Crippen molar-refractivity contribution in [3.8, 4) is 0 Å². The molecule has 0 N–H and O–H groups in total. The van der Waals surface area contributed by atoms with Crippen LogP contribution in [-0.2, 0) is 18.1 Å². The maximum absolute atomic E-state index is 12.1. The topological polar surface area (TPSA) is 44.8 Å². The summed E-state index contributed by atoms with van der Waals surface area (Å²) >= 11 is 12.3. The molecule has 100 valence electrons. The molecule has 0 saturated carbocycles. The molecule has 18 heavy (non-hydrogen) atoms. The highest BCUT2D eigenvalue weighted by atomic mass is 35.5. The normalized spacial score (nSPS) is 31.2. The average molecular weight is 311 g/mol. The van der Waals surface area contributed by atoms with Crippen LogP contribution in [0.5, 0.6) is 0 Å². The number of benzene rings is 1. The first-order chi connectivity index (χ1) is 8.47. The third-order valence-corrected chi connectivity index (χ3v) is 4.53. The first-order valence-corrected chi connectivity index (χ1v) is 7.69. The van der Waals surface area contributed by atoms with Crippen molar-refractivity contribution in [2.24, 2.45) is 0 Å². The highest BCUT2D eigenvalue weighted by Gasteiger charge is 2.49. The second kappa shape index (κ2) is 5.49. The zero-order chi connectivity index (χ0) is 13.2. The van der Waals surface area contributed by atoms with Gasteiger partial charge in [-0.05, 0) is 12.5 Å². The second-order valence-corrected chi connectivity index (χ2v) is 6.96. The molecule has 0 aliphatic carbocycles. The first-order valence-electron chi connectivity index (χ1n) is 5.47. The zero-order valence-corrected chi connectivity index (χ0v) is 12.1. The van der Waals surface area contributed by atoms with Crippen LogP contribution in [0.4, 0.5) is 0 Å². The Balaban J connectivity index is 2.28. The van der Waals surface area contributed by atoms with Gasteiger partial charge in [-0.25, -0.2) is 4.57 Å². The van der Waals surface area contributed by atoms with Crippen LogP contribution in [0.3, 0.4) is 0 Å². The van der Waals surface area contributed by atoms with E-state index < -0.39 is 18.3 Å². The monoisotopic (exact) mass is 310 g/mol. The number of rotatable bonds is 3. The predicted molar refractivity (Wildman–Crippen MR) is 69.9 cm³/mol. The molecule has 2 rings (SSSR count). The summed E-state index contributed by atoms with van der Waals surface area (Å²) in [5, 5.41) is 0. The SMILES string of the molecule is CCOP1(=O)OCC(Cl)(Cl)C(c2ccccc2)O1. The standard InChI is InChI=1S/C11H13Cl2O4P/c1-2-15-18(14)16-8-11(12,13)10(17-18)9-6-4-3-5-7-9/h3-7,10H,2,8H2,1H3. The number of alkyl halides is 2. The van der Waals surface area contributed by atoms with E-state index in [-0.39, 0.29) is 13.2 Å². The lowest BCUT2D eigenvalue weighted by molar-refractivity contribution is 0.0230. The van der Waals surface area contributed by atoms with Crippen molar-refractivity contribution >= 4 is 31.0 Å². The molecule has 7 heteroatoms. The average Bonchev–Trinajstić information content (AvgIpc) is 2.34. The Bertz CT molecular complexity index is 452. The summed E-state index contributed by atoms with van der Waals surface area (Å²) in [6.45, 7) is 1.80. The van der Waals surface area contributed by atoms with Gasteiger partial charge < -0.3 is 0 Å². The molecule has 0 bridgehead atoms. The molecule has 1 fully saturated rings. The van der Waals surface area contributed by atoms with Gasteiger partial charge in [0.1, 0.15) is 6.10 Å². The molecule has 0 amide bonds. The molecule has 0 aromatic heterocycles. The van der Waals surface area contributed by atoms with Crippen LogP contribution in [0, 0.1) is 0 Å². The van der Waals surface area contributed by atoms with E-state index in [1.54, 1.807) is 19.1 Å². The van der Waals surface area contributed by atoms with Gasteiger partial charge in [-0.2, -0.15) is 0 Å². The molecule has 1 aliphatic heterocycles. The molecule has 1 saturated heterocycles. The molecule has 4 nitrogen and oxygen atoms in total. The van der Waals surface area contributed by atoms with Crippen molar-refractivity contribution in [2.45, 2.75) is 17.4 Å². The minimum absolute atomic E-state index is 0.118. The lowest BCUT2D eigenvalue weighted by atomic mass is 10.1. The van der Waals surface area contributed by atoms with Crippen LogP contribution < -0.4 is 0 Å². The predicted octanol–water partition coefficient (Wildman–Crippen LogP) is 4.09. The van der Waals surface area contributed by atoms with Gasteiger partial charge >= 0.3 is 7.82 Å². The minimum Gasteiger partial charge on any atom is -0.287 e. The second-order valence-electron chi connectivity index (χ2n) is 3.80. The van der Waals surface area contributed by atoms with Crippen molar-refractivity contribution < 1.29 is 18.1 Å². The highest BCUT2D eigenvalue weighted by Crippen LogP contribution is 2.61. The molecule has 2 atom stereocenters. The summed E-state index contributed by atoms with van der Waals surface area (Å²) in [5.74, 6) is 0. The van der Waals surface area contributed by atoms with Crippen LogP contribution in [-0.4, -0.2) is 17.5 Å². The Labute approximate surface area is 116 Å². The summed E-state index contributed by atoms with van der Waals surface area (Å²) in [4.78, 5) is 0. The van der Waals surface area contributed by atoms with Crippen LogP contribution in [0.2, 0.25) is 0 Å². The van der Waals surface area contributed by atoms with E-state index >= 15 is 0 Å². The van der Waals surface area contributed by atoms with Gasteiger partial charge in [0, 0.05) is 0 Å².